The van der Waals surface area contributed by atoms with Gasteiger partial charge in [-0.05, 0) is 85.5 Å². The Morgan fingerprint density at radius 3 is 2.53 bits per heavy atom. The highest BCUT2D eigenvalue weighted by Gasteiger charge is 2.34. The second kappa shape index (κ2) is 11.0. The summed E-state index contributed by atoms with van der Waals surface area (Å²) in [6.07, 6.45) is 2.13. The molecule has 2 aromatic carbocycles. The van der Waals surface area contributed by atoms with Gasteiger partial charge in [-0.15, -0.1) is 0 Å². The number of halogens is 1. The Morgan fingerprint density at radius 1 is 1.03 bits per heavy atom. The van der Waals surface area contributed by atoms with Crippen LogP contribution in [-0.2, 0) is 13.0 Å². The van der Waals surface area contributed by atoms with E-state index in [0.717, 1.165) is 16.7 Å². The molecule has 8 heteroatoms. The zero-order valence-electron chi connectivity index (χ0n) is 21.4. The van der Waals surface area contributed by atoms with Crippen molar-refractivity contribution in [2.75, 3.05) is 19.6 Å². The smallest absolute Gasteiger partial charge is 0.290 e. The van der Waals surface area contributed by atoms with Gasteiger partial charge < -0.3 is 23.4 Å². The van der Waals surface area contributed by atoms with Crippen molar-refractivity contribution in [1.29, 1.82) is 0 Å². The normalized spacial score (nSPS) is 14.7. The van der Waals surface area contributed by atoms with E-state index in [1.165, 1.54) is 18.4 Å². The summed E-state index contributed by atoms with van der Waals surface area (Å²) >= 11 is 0. The number of benzene rings is 2. The number of carbonyl (C=O) groups excluding carboxylic acids is 2. The van der Waals surface area contributed by atoms with Crippen molar-refractivity contribution in [1.82, 2.24) is 9.80 Å². The summed E-state index contributed by atoms with van der Waals surface area (Å²) in [5.74, 6) is 0.921. The summed E-state index contributed by atoms with van der Waals surface area (Å²) in [6, 6.07) is 18.3. The average Bonchev–Trinajstić information content (AvgIpc) is 3.65. The Balaban J connectivity index is 1.40. The number of carbonyl (C=O) groups is 2. The van der Waals surface area contributed by atoms with Crippen molar-refractivity contribution >= 4 is 11.8 Å². The number of furan rings is 2. The van der Waals surface area contributed by atoms with E-state index in [4.69, 9.17) is 13.6 Å². The van der Waals surface area contributed by atoms with Crippen LogP contribution >= 0.6 is 0 Å². The van der Waals surface area contributed by atoms with Crippen LogP contribution in [0.5, 0.6) is 5.75 Å². The SMILES string of the molecule is CCN(CC)C(=O)c1ccc(COc2ccc3c(c2)C(c2ccc(F)cc2)N(C(=O)c2ccco2)CC3)o1. The van der Waals surface area contributed by atoms with Gasteiger partial charge in [0.15, 0.2) is 11.5 Å². The first-order valence-electron chi connectivity index (χ1n) is 12.7. The minimum absolute atomic E-state index is 0.139. The third-order valence-electron chi connectivity index (χ3n) is 6.83. The van der Waals surface area contributed by atoms with Gasteiger partial charge in [-0.2, -0.15) is 0 Å². The topological polar surface area (TPSA) is 76.1 Å². The summed E-state index contributed by atoms with van der Waals surface area (Å²) < 4.78 is 30.9. The van der Waals surface area contributed by atoms with Gasteiger partial charge >= 0.3 is 0 Å². The maximum Gasteiger partial charge on any atom is 0.290 e. The van der Waals surface area contributed by atoms with Crippen LogP contribution in [-0.4, -0.2) is 41.2 Å². The predicted molar refractivity (Wildman–Crippen MR) is 138 cm³/mol. The standard InChI is InChI=1S/C30H29FN2O5/c1-3-32(4-2)29(34)27-14-13-24(38-27)19-37-23-12-9-20-15-16-33(30(35)26-6-5-17-36-26)28(25(20)18-23)21-7-10-22(31)11-8-21/h5-14,17-18,28H,3-4,15-16,19H2,1-2H3. The van der Waals surface area contributed by atoms with Gasteiger partial charge in [-0.25, -0.2) is 4.39 Å². The Hall–Kier alpha value is -4.33. The van der Waals surface area contributed by atoms with Gasteiger partial charge in [0.25, 0.3) is 11.8 Å². The van der Waals surface area contributed by atoms with Gasteiger partial charge in [-0.3, -0.25) is 9.59 Å². The summed E-state index contributed by atoms with van der Waals surface area (Å²) in [5.41, 5.74) is 2.77. The summed E-state index contributed by atoms with van der Waals surface area (Å²) in [5, 5.41) is 0. The highest BCUT2D eigenvalue weighted by Crippen LogP contribution is 2.38. The lowest BCUT2D eigenvalue weighted by molar-refractivity contribution is 0.0660. The fourth-order valence-electron chi connectivity index (χ4n) is 4.84. The quantitative estimate of drug-likeness (QED) is 0.293. The molecule has 7 nitrogen and oxygen atoms in total. The van der Waals surface area contributed by atoms with Crippen LogP contribution in [0.1, 0.15) is 63.4 Å². The van der Waals surface area contributed by atoms with Crippen molar-refractivity contribution in [3.63, 3.8) is 0 Å². The minimum Gasteiger partial charge on any atom is -0.486 e. The van der Waals surface area contributed by atoms with Gasteiger partial charge in [0, 0.05) is 19.6 Å². The van der Waals surface area contributed by atoms with Crippen LogP contribution in [0.2, 0.25) is 0 Å². The Bertz CT molecular complexity index is 1410. The zero-order chi connectivity index (χ0) is 26.6. The lowest BCUT2D eigenvalue weighted by Crippen LogP contribution is -2.40. The van der Waals surface area contributed by atoms with Crippen molar-refractivity contribution < 1.29 is 27.6 Å². The molecule has 1 atom stereocenters. The molecule has 0 saturated heterocycles. The first-order valence-corrected chi connectivity index (χ1v) is 12.7. The molecule has 0 saturated carbocycles. The molecule has 2 aromatic heterocycles. The first kappa shape index (κ1) is 25.3. The van der Waals surface area contributed by atoms with E-state index in [1.54, 1.807) is 46.2 Å². The maximum atomic E-state index is 13.7. The van der Waals surface area contributed by atoms with E-state index in [0.29, 0.717) is 37.6 Å². The molecule has 3 heterocycles. The van der Waals surface area contributed by atoms with Gasteiger partial charge in [0.2, 0.25) is 0 Å². The van der Waals surface area contributed by atoms with Crippen LogP contribution in [0.3, 0.4) is 0 Å². The van der Waals surface area contributed by atoms with Gasteiger partial charge in [-0.1, -0.05) is 18.2 Å². The lowest BCUT2D eigenvalue weighted by atomic mass is 9.87. The molecule has 0 N–H and O–H groups in total. The van der Waals surface area contributed by atoms with E-state index in [-0.39, 0.29) is 35.8 Å². The molecule has 0 fully saturated rings. The number of hydrogen-bond donors (Lipinski definition) is 0. The molecule has 0 bridgehead atoms. The number of fused-ring (bicyclic) bond motifs is 1. The fraction of sp³-hybridized carbons (Fsp3) is 0.267. The number of rotatable bonds is 8. The summed E-state index contributed by atoms with van der Waals surface area (Å²) in [7, 11) is 0. The fourth-order valence-corrected chi connectivity index (χ4v) is 4.84. The van der Waals surface area contributed by atoms with Crippen LogP contribution in [0, 0.1) is 5.82 Å². The number of nitrogens with zero attached hydrogens (tertiary/aromatic N) is 2. The molecule has 5 rings (SSSR count). The summed E-state index contributed by atoms with van der Waals surface area (Å²) in [6.45, 7) is 5.68. The molecular weight excluding hydrogens is 487 g/mol. The molecular formula is C30H29FN2O5. The largest absolute Gasteiger partial charge is 0.486 e. The number of ether oxygens (including phenoxy) is 1. The predicted octanol–water partition coefficient (Wildman–Crippen LogP) is 5.86. The molecule has 0 radical (unpaired) electrons. The van der Waals surface area contributed by atoms with Crippen molar-refractivity contribution in [3.05, 3.63) is 113 Å². The molecule has 4 aromatic rings. The Kier molecular flexibility index (Phi) is 7.31. The van der Waals surface area contributed by atoms with Gasteiger partial charge in [0.05, 0.1) is 12.3 Å². The number of amides is 2. The molecule has 1 aliphatic heterocycles. The Labute approximate surface area is 220 Å². The van der Waals surface area contributed by atoms with E-state index < -0.39 is 6.04 Å². The first-order chi connectivity index (χ1) is 18.5. The third-order valence-corrected chi connectivity index (χ3v) is 6.83. The second-order valence-electron chi connectivity index (χ2n) is 9.07. The number of hydrogen-bond acceptors (Lipinski definition) is 5. The Morgan fingerprint density at radius 2 is 1.82 bits per heavy atom. The molecule has 0 spiro atoms. The summed E-state index contributed by atoms with van der Waals surface area (Å²) in [4.78, 5) is 29.3. The van der Waals surface area contributed by atoms with Crippen LogP contribution in [0.25, 0.3) is 0 Å². The molecule has 1 aliphatic rings. The van der Waals surface area contributed by atoms with Crippen LogP contribution < -0.4 is 4.74 Å². The van der Waals surface area contributed by atoms with Crippen molar-refractivity contribution in [3.8, 4) is 5.75 Å². The van der Waals surface area contributed by atoms with Crippen molar-refractivity contribution in [2.24, 2.45) is 0 Å². The minimum atomic E-state index is -0.442. The van der Waals surface area contributed by atoms with E-state index in [9.17, 15) is 14.0 Å². The average molecular weight is 517 g/mol. The highest BCUT2D eigenvalue weighted by atomic mass is 19.1. The lowest BCUT2D eigenvalue weighted by Gasteiger charge is -2.37. The molecule has 196 valence electrons. The van der Waals surface area contributed by atoms with Crippen molar-refractivity contribution in [2.45, 2.75) is 32.9 Å². The maximum absolute atomic E-state index is 13.7. The van der Waals surface area contributed by atoms with E-state index >= 15 is 0 Å². The molecule has 0 aliphatic carbocycles. The third kappa shape index (κ3) is 5.07. The van der Waals surface area contributed by atoms with E-state index in [1.807, 2.05) is 32.0 Å². The monoisotopic (exact) mass is 516 g/mol. The van der Waals surface area contributed by atoms with Gasteiger partial charge in [0.1, 0.15) is 23.9 Å². The molecule has 2 amide bonds. The zero-order valence-corrected chi connectivity index (χ0v) is 21.4. The van der Waals surface area contributed by atoms with Crippen LogP contribution in [0.15, 0.2) is 81.8 Å². The highest BCUT2D eigenvalue weighted by molar-refractivity contribution is 5.92. The molecule has 1 unspecified atom stereocenters. The molecule has 38 heavy (non-hydrogen) atoms. The van der Waals surface area contributed by atoms with E-state index in [2.05, 4.69) is 0 Å². The second-order valence-corrected chi connectivity index (χ2v) is 9.07. The van der Waals surface area contributed by atoms with Crippen LogP contribution in [0.4, 0.5) is 4.39 Å².